The molecule has 1 atom stereocenters. The summed E-state index contributed by atoms with van der Waals surface area (Å²) in [6.07, 6.45) is 3.06. The van der Waals surface area contributed by atoms with E-state index in [0.29, 0.717) is 25.4 Å². The molecule has 0 radical (unpaired) electrons. The zero-order chi connectivity index (χ0) is 13.5. The van der Waals surface area contributed by atoms with Gasteiger partial charge in [0.15, 0.2) is 0 Å². The second-order valence-corrected chi connectivity index (χ2v) is 5.32. The topological polar surface area (TPSA) is 60.9 Å². The van der Waals surface area contributed by atoms with E-state index in [9.17, 15) is 9.59 Å². The van der Waals surface area contributed by atoms with Gasteiger partial charge in [-0.05, 0) is 38.8 Å². The van der Waals surface area contributed by atoms with Crippen LogP contribution < -0.4 is 0 Å². The first-order valence-corrected chi connectivity index (χ1v) is 6.67. The molecule has 0 bridgehead atoms. The second kappa shape index (κ2) is 7.36. The molecule has 1 amide bonds. The fourth-order valence-corrected chi connectivity index (χ4v) is 2.33. The van der Waals surface area contributed by atoms with Crippen molar-refractivity contribution < 1.29 is 14.7 Å². The van der Waals surface area contributed by atoms with Crippen LogP contribution >= 0.6 is 0 Å². The standard InChI is InChI=1S/C13H24N2O3/c1-11-5-3-8-15(9-11)12(16)10-14(2)7-4-6-13(17)18/h11H,3-10H2,1-2H3,(H,17,18). The van der Waals surface area contributed by atoms with Crippen molar-refractivity contribution >= 4 is 11.9 Å². The van der Waals surface area contributed by atoms with E-state index in [1.54, 1.807) is 0 Å². The van der Waals surface area contributed by atoms with Crippen molar-refractivity contribution in [3.63, 3.8) is 0 Å². The van der Waals surface area contributed by atoms with Gasteiger partial charge < -0.3 is 10.0 Å². The van der Waals surface area contributed by atoms with Crippen molar-refractivity contribution in [3.8, 4) is 0 Å². The number of carboxylic acids is 1. The number of carbonyl (C=O) groups is 2. The summed E-state index contributed by atoms with van der Waals surface area (Å²) in [5.74, 6) is -0.0148. The summed E-state index contributed by atoms with van der Waals surface area (Å²) >= 11 is 0. The molecule has 5 nitrogen and oxygen atoms in total. The SMILES string of the molecule is CC1CCCN(C(=O)CN(C)CCCC(=O)O)C1. The van der Waals surface area contributed by atoms with E-state index < -0.39 is 5.97 Å². The van der Waals surface area contributed by atoms with E-state index in [0.717, 1.165) is 19.5 Å². The predicted octanol–water partition coefficient (Wildman–Crippen LogP) is 1.04. The molecule has 1 N–H and O–H groups in total. The number of piperidine rings is 1. The summed E-state index contributed by atoms with van der Waals surface area (Å²) in [7, 11) is 1.87. The number of carboxylic acid groups (broad SMARTS) is 1. The molecule has 18 heavy (non-hydrogen) atoms. The maximum Gasteiger partial charge on any atom is 0.303 e. The maximum atomic E-state index is 12.0. The van der Waals surface area contributed by atoms with Crippen LogP contribution in [0.25, 0.3) is 0 Å². The largest absolute Gasteiger partial charge is 0.481 e. The smallest absolute Gasteiger partial charge is 0.303 e. The third-order valence-corrected chi connectivity index (χ3v) is 3.35. The van der Waals surface area contributed by atoms with Crippen molar-refractivity contribution in [3.05, 3.63) is 0 Å². The van der Waals surface area contributed by atoms with Crippen LogP contribution in [0.3, 0.4) is 0 Å². The van der Waals surface area contributed by atoms with Gasteiger partial charge in [-0.25, -0.2) is 0 Å². The Hall–Kier alpha value is -1.10. The Morgan fingerprint density at radius 1 is 1.44 bits per heavy atom. The molecule has 1 heterocycles. The van der Waals surface area contributed by atoms with Crippen LogP contribution in [0.5, 0.6) is 0 Å². The van der Waals surface area contributed by atoms with E-state index in [-0.39, 0.29) is 12.3 Å². The number of likely N-dealkylation sites (tertiary alicyclic amines) is 1. The van der Waals surface area contributed by atoms with Gasteiger partial charge in [0.2, 0.25) is 5.91 Å². The highest BCUT2D eigenvalue weighted by molar-refractivity contribution is 5.78. The Labute approximate surface area is 109 Å². The van der Waals surface area contributed by atoms with E-state index in [1.165, 1.54) is 6.42 Å². The number of nitrogens with zero attached hydrogens (tertiary/aromatic N) is 2. The number of rotatable bonds is 6. The Balaban J connectivity index is 2.23. The molecule has 1 fully saturated rings. The monoisotopic (exact) mass is 256 g/mol. The molecule has 104 valence electrons. The molecule has 1 unspecified atom stereocenters. The van der Waals surface area contributed by atoms with Crippen molar-refractivity contribution in [2.24, 2.45) is 5.92 Å². The molecule has 1 saturated heterocycles. The van der Waals surface area contributed by atoms with E-state index in [2.05, 4.69) is 6.92 Å². The molecular weight excluding hydrogens is 232 g/mol. The van der Waals surface area contributed by atoms with Gasteiger partial charge >= 0.3 is 5.97 Å². The number of likely N-dealkylation sites (N-methyl/N-ethyl adjacent to an activating group) is 1. The van der Waals surface area contributed by atoms with Gasteiger partial charge in [-0.2, -0.15) is 0 Å². The van der Waals surface area contributed by atoms with Crippen LogP contribution in [0.1, 0.15) is 32.6 Å². The fraction of sp³-hybridized carbons (Fsp3) is 0.846. The van der Waals surface area contributed by atoms with Crippen LogP contribution in [-0.4, -0.2) is 60.0 Å². The minimum atomic E-state index is -0.778. The second-order valence-electron chi connectivity index (χ2n) is 5.32. The lowest BCUT2D eigenvalue weighted by atomic mass is 10.0. The zero-order valence-corrected chi connectivity index (χ0v) is 11.4. The average molecular weight is 256 g/mol. The Kier molecular flexibility index (Phi) is 6.12. The van der Waals surface area contributed by atoms with Gasteiger partial charge in [0, 0.05) is 19.5 Å². The Bertz CT molecular complexity index is 294. The predicted molar refractivity (Wildman–Crippen MR) is 69.3 cm³/mol. The molecule has 0 spiro atoms. The van der Waals surface area contributed by atoms with Gasteiger partial charge in [0.05, 0.1) is 6.54 Å². The highest BCUT2D eigenvalue weighted by atomic mass is 16.4. The molecule has 1 rings (SSSR count). The van der Waals surface area contributed by atoms with Gasteiger partial charge in [0.25, 0.3) is 0 Å². The minimum Gasteiger partial charge on any atom is -0.481 e. The molecule has 1 aliphatic heterocycles. The lowest BCUT2D eigenvalue weighted by molar-refractivity contribution is -0.137. The van der Waals surface area contributed by atoms with Crippen LogP contribution in [0, 0.1) is 5.92 Å². The summed E-state index contributed by atoms with van der Waals surface area (Å²) in [5.41, 5.74) is 0. The Morgan fingerprint density at radius 2 is 2.17 bits per heavy atom. The van der Waals surface area contributed by atoms with Crippen molar-refractivity contribution in [1.29, 1.82) is 0 Å². The first-order chi connectivity index (χ1) is 8.49. The van der Waals surface area contributed by atoms with Crippen LogP contribution in [0.15, 0.2) is 0 Å². The zero-order valence-electron chi connectivity index (χ0n) is 11.4. The van der Waals surface area contributed by atoms with Crippen molar-refractivity contribution in [2.45, 2.75) is 32.6 Å². The number of amides is 1. The highest BCUT2D eigenvalue weighted by Gasteiger charge is 2.21. The molecule has 0 aliphatic carbocycles. The fourth-order valence-electron chi connectivity index (χ4n) is 2.33. The van der Waals surface area contributed by atoms with Crippen molar-refractivity contribution in [2.75, 3.05) is 33.2 Å². The molecule has 5 heteroatoms. The molecule has 0 saturated carbocycles. The third-order valence-electron chi connectivity index (χ3n) is 3.35. The lowest BCUT2D eigenvalue weighted by Gasteiger charge is -2.32. The lowest BCUT2D eigenvalue weighted by Crippen LogP contribution is -2.44. The molecule has 0 aromatic rings. The van der Waals surface area contributed by atoms with Crippen LogP contribution in [-0.2, 0) is 9.59 Å². The maximum absolute atomic E-state index is 12.0. The summed E-state index contributed by atoms with van der Waals surface area (Å²) < 4.78 is 0. The normalized spacial score (nSPS) is 20.2. The van der Waals surface area contributed by atoms with Gasteiger partial charge in [-0.3, -0.25) is 14.5 Å². The van der Waals surface area contributed by atoms with Crippen LogP contribution in [0.2, 0.25) is 0 Å². The average Bonchev–Trinajstić information content (AvgIpc) is 2.28. The summed E-state index contributed by atoms with van der Waals surface area (Å²) in [4.78, 5) is 26.3. The first-order valence-electron chi connectivity index (χ1n) is 6.67. The molecule has 0 aromatic carbocycles. The van der Waals surface area contributed by atoms with Gasteiger partial charge in [0.1, 0.15) is 0 Å². The molecule has 0 aromatic heterocycles. The summed E-state index contributed by atoms with van der Waals surface area (Å²) in [6.45, 7) is 4.96. The van der Waals surface area contributed by atoms with Crippen LogP contribution in [0.4, 0.5) is 0 Å². The van der Waals surface area contributed by atoms with Gasteiger partial charge in [-0.1, -0.05) is 6.92 Å². The number of hydrogen-bond acceptors (Lipinski definition) is 3. The third kappa shape index (κ3) is 5.49. The van der Waals surface area contributed by atoms with E-state index in [4.69, 9.17) is 5.11 Å². The van der Waals surface area contributed by atoms with Crippen molar-refractivity contribution in [1.82, 2.24) is 9.80 Å². The summed E-state index contributed by atoms with van der Waals surface area (Å²) in [5, 5.41) is 8.55. The summed E-state index contributed by atoms with van der Waals surface area (Å²) in [6, 6.07) is 0. The number of carbonyl (C=O) groups excluding carboxylic acids is 1. The molecule has 1 aliphatic rings. The van der Waals surface area contributed by atoms with E-state index in [1.807, 2.05) is 16.8 Å². The quantitative estimate of drug-likeness (QED) is 0.771. The number of aliphatic carboxylic acids is 1. The highest BCUT2D eigenvalue weighted by Crippen LogP contribution is 2.15. The first kappa shape index (κ1) is 15.0. The number of hydrogen-bond donors (Lipinski definition) is 1. The van der Waals surface area contributed by atoms with E-state index >= 15 is 0 Å². The minimum absolute atomic E-state index is 0.166. The van der Waals surface area contributed by atoms with Gasteiger partial charge in [-0.15, -0.1) is 0 Å². The molecular formula is C13H24N2O3. The Morgan fingerprint density at radius 3 is 2.78 bits per heavy atom.